The number of aromatic nitrogens is 2. The number of hydrogen-bond acceptors (Lipinski definition) is 2. The first-order chi connectivity index (χ1) is 11.0. The van der Waals surface area contributed by atoms with Crippen molar-refractivity contribution in [3.63, 3.8) is 0 Å². The lowest BCUT2D eigenvalue weighted by Crippen LogP contribution is -2.38. The van der Waals surface area contributed by atoms with Crippen molar-refractivity contribution in [3.8, 4) is 0 Å². The summed E-state index contributed by atoms with van der Waals surface area (Å²) in [6.07, 6.45) is 0.739. The van der Waals surface area contributed by atoms with Gasteiger partial charge in [0.25, 0.3) is 0 Å². The summed E-state index contributed by atoms with van der Waals surface area (Å²) in [5.41, 5.74) is 4.31. The molecule has 0 aliphatic heterocycles. The number of aliphatic imine (C=N–C) groups is 1. The Morgan fingerprint density at radius 1 is 1.29 bits per heavy atom. The third kappa shape index (κ3) is 5.47. The summed E-state index contributed by atoms with van der Waals surface area (Å²) in [5.74, 6) is 0.525. The van der Waals surface area contributed by atoms with Gasteiger partial charge in [0.2, 0.25) is 0 Å². The predicted octanol–water partition coefficient (Wildman–Crippen LogP) is 2.70. The molecule has 0 bridgehead atoms. The van der Waals surface area contributed by atoms with E-state index in [-0.39, 0.29) is 29.8 Å². The molecule has 0 spiro atoms. The summed E-state index contributed by atoms with van der Waals surface area (Å²) in [6.45, 7) is 5.42. The third-order valence-electron chi connectivity index (χ3n) is 3.91. The van der Waals surface area contributed by atoms with Gasteiger partial charge in [-0.3, -0.25) is 9.67 Å². The Morgan fingerprint density at radius 3 is 2.62 bits per heavy atom. The van der Waals surface area contributed by atoms with Crippen LogP contribution >= 0.6 is 24.0 Å². The lowest BCUT2D eigenvalue weighted by atomic mass is 10.1. The van der Waals surface area contributed by atoms with E-state index in [2.05, 4.69) is 27.6 Å². The molecule has 132 valence electrons. The molecule has 0 aliphatic rings. The minimum atomic E-state index is -0.201. The molecule has 1 aromatic carbocycles. The number of nitrogens with zero attached hydrogens (tertiary/aromatic N) is 3. The molecule has 0 aliphatic carbocycles. The van der Waals surface area contributed by atoms with Crippen LogP contribution in [0.5, 0.6) is 0 Å². The van der Waals surface area contributed by atoms with Gasteiger partial charge in [-0.2, -0.15) is 5.10 Å². The molecule has 0 saturated carbocycles. The van der Waals surface area contributed by atoms with Crippen LogP contribution in [0.3, 0.4) is 0 Å². The van der Waals surface area contributed by atoms with Crippen molar-refractivity contribution in [2.75, 3.05) is 13.6 Å². The van der Waals surface area contributed by atoms with Crippen molar-refractivity contribution >= 4 is 29.9 Å². The van der Waals surface area contributed by atoms with Crippen LogP contribution in [0.15, 0.2) is 29.3 Å². The van der Waals surface area contributed by atoms with Gasteiger partial charge < -0.3 is 10.6 Å². The largest absolute Gasteiger partial charge is 0.356 e. The zero-order valence-electron chi connectivity index (χ0n) is 14.6. The highest BCUT2D eigenvalue weighted by Gasteiger charge is 2.09. The molecular formula is C17H25FIN5. The van der Waals surface area contributed by atoms with E-state index >= 15 is 0 Å². The van der Waals surface area contributed by atoms with Gasteiger partial charge >= 0.3 is 0 Å². The summed E-state index contributed by atoms with van der Waals surface area (Å²) in [6, 6.07) is 6.66. The molecule has 7 heteroatoms. The molecule has 0 saturated heterocycles. The first-order valence-corrected chi connectivity index (χ1v) is 7.69. The van der Waals surface area contributed by atoms with E-state index in [4.69, 9.17) is 0 Å². The third-order valence-corrected chi connectivity index (χ3v) is 3.91. The van der Waals surface area contributed by atoms with Crippen molar-refractivity contribution in [1.29, 1.82) is 0 Å². The predicted molar refractivity (Wildman–Crippen MR) is 106 cm³/mol. The number of guanidine groups is 1. The fourth-order valence-corrected chi connectivity index (χ4v) is 2.48. The van der Waals surface area contributed by atoms with Crippen molar-refractivity contribution < 1.29 is 4.39 Å². The molecule has 5 nitrogen and oxygen atoms in total. The van der Waals surface area contributed by atoms with E-state index in [1.165, 1.54) is 11.6 Å². The first-order valence-electron chi connectivity index (χ1n) is 7.69. The van der Waals surface area contributed by atoms with Gasteiger partial charge in [-0.25, -0.2) is 4.39 Å². The molecule has 0 atom stereocenters. The van der Waals surface area contributed by atoms with Crippen LogP contribution in [0.1, 0.15) is 22.5 Å². The molecule has 2 aromatic rings. The lowest BCUT2D eigenvalue weighted by molar-refractivity contribution is 0.625. The molecule has 1 aromatic heterocycles. The monoisotopic (exact) mass is 445 g/mol. The Labute approximate surface area is 159 Å². The Morgan fingerprint density at radius 2 is 2.04 bits per heavy atom. The highest BCUT2D eigenvalue weighted by atomic mass is 127. The van der Waals surface area contributed by atoms with Crippen LogP contribution in [-0.4, -0.2) is 29.3 Å². The molecule has 0 radical (unpaired) electrons. The Kier molecular flexibility index (Phi) is 8.17. The van der Waals surface area contributed by atoms with Crippen LogP contribution < -0.4 is 10.6 Å². The maximum atomic E-state index is 13.1. The average Bonchev–Trinajstić information content (AvgIpc) is 2.76. The zero-order chi connectivity index (χ0) is 16.8. The molecule has 0 amide bonds. The minimum Gasteiger partial charge on any atom is -0.356 e. The highest BCUT2D eigenvalue weighted by Crippen LogP contribution is 2.11. The smallest absolute Gasteiger partial charge is 0.191 e. The van der Waals surface area contributed by atoms with Crippen molar-refractivity contribution in [1.82, 2.24) is 20.4 Å². The number of hydrogen-bond donors (Lipinski definition) is 2. The Balaban J connectivity index is 0.00000288. The SMILES string of the molecule is CN=C(NCCc1cccc(F)c1)NCc1c(C)nn(C)c1C.I. The molecule has 0 fully saturated rings. The fourth-order valence-electron chi connectivity index (χ4n) is 2.48. The van der Waals surface area contributed by atoms with Gasteiger partial charge in [-0.05, 0) is 38.0 Å². The van der Waals surface area contributed by atoms with Crippen molar-refractivity contribution in [2.45, 2.75) is 26.8 Å². The maximum Gasteiger partial charge on any atom is 0.191 e. The van der Waals surface area contributed by atoms with Crippen LogP contribution in [0.25, 0.3) is 0 Å². The molecule has 2 rings (SSSR count). The van der Waals surface area contributed by atoms with Gasteiger partial charge in [0.15, 0.2) is 5.96 Å². The average molecular weight is 445 g/mol. The standard InChI is InChI=1S/C17H24FN5.HI/c1-12-16(13(2)23(4)22-12)11-21-17(19-3)20-9-8-14-6-5-7-15(18)10-14;/h5-7,10H,8-9,11H2,1-4H3,(H2,19,20,21);1H. The van der Waals surface area contributed by atoms with E-state index in [1.807, 2.05) is 24.7 Å². The van der Waals surface area contributed by atoms with Crippen molar-refractivity contribution in [2.24, 2.45) is 12.0 Å². The lowest BCUT2D eigenvalue weighted by Gasteiger charge is -2.12. The van der Waals surface area contributed by atoms with Gasteiger partial charge in [0, 0.05) is 38.4 Å². The first kappa shape index (κ1) is 20.4. The molecule has 1 heterocycles. The van der Waals surface area contributed by atoms with Crippen LogP contribution in [0.4, 0.5) is 4.39 Å². The zero-order valence-corrected chi connectivity index (χ0v) is 16.9. The summed E-state index contributed by atoms with van der Waals surface area (Å²) in [5, 5.41) is 10.9. The second kappa shape index (κ2) is 9.61. The van der Waals surface area contributed by atoms with Crippen LogP contribution in [0.2, 0.25) is 0 Å². The Hall–Kier alpha value is -1.64. The van der Waals surface area contributed by atoms with E-state index in [1.54, 1.807) is 19.2 Å². The van der Waals surface area contributed by atoms with E-state index in [0.717, 1.165) is 29.3 Å². The van der Waals surface area contributed by atoms with E-state index in [9.17, 15) is 4.39 Å². The highest BCUT2D eigenvalue weighted by molar-refractivity contribution is 14.0. The van der Waals surface area contributed by atoms with Crippen LogP contribution in [-0.2, 0) is 20.0 Å². The van der Waals surface area contributed by atoms with Gasteiger partial charge in [0.1, 0.15) is 5.82 Å². The number of halogens is 2. The number of rotatable bonds is 5. The summed E-state index contributed by atoms with van der Waals surface area (Å²) in [4.78, 5) is 4.21. The normalized spacial score (nSPS) is 11.1. The molecule has 2 N–H and O–H groups in total. The summed E-state index contributed by atoms with van der Waals surface area (Å²) in [7, 11) is 3.68. The van der Waals surface area contributed by atoms with Gasteiger partial charge in [-0.1, -0.05) is 12.1 Å². The number of aryl methyl sites for hydroxylation is 2. The second-order valence-corrected chi connectivity index (χ2v) is 5.51. The van der Waals surface area contributed by atoms with E-state index in [0.29, 0.717) is 13.1 Å². The molecular weight excluding hydrogens is 420 g/mol. The van der Waals surface area contributed by atoms with E-state index < -0.39 is 0 Å². The number of benzene rings is 1. The van der Waals surface area contributed by atoms with Gasteiger partial charge in [0.05, 0.1) is 5.69 Å². The topological polar surface area (TPSA) is 54.2 Å². The fraction of sp³-hybridized carbons (Fsp3) is 0.412. The quantitative estimate of drug-likeness (QED) is 0.423. The number of nitrogens with one attached hydrogen (secondary N) is 2. The minimum absolute atomic E-state index is 0. The molecule has 24 heavy (non-hydrogen) atoms. The van der Waals surface area contributed by atoms with Crippen LogP contribution in [0, 0.1) is 19.7 Å². The summed E-state index contributed by atoms with van der Waals surface area (Å²) < 4.78 is 15.0. The second-order valence-electron chi connectivity index (χ2n) is 5.51. The summed E-state index contributed by atoms with van der Waals surface area (Å²) >= 11 is 0. The van der Waals surface area contributed by atoms with Crippen molar-refractivity contribution in [3.05, 3.63) is 52.6 Å². The maximum absolute atomic E-state index is 13.1. The Bertz CT molecular complexity index is 696. The van der Waals surface area contributed by atoms with Gasteiger partial charge in [-0.15, -0.1) is 24.0 Å². The molecule has 0 unspecified atom stereocenters.